The average Bonchev–Trinajstić information content (AvgIpc) is 2.47. The van der Waals surface area contributed by atoms with E-state index in [9.17, 15) is 0 Å². The van der Waals surface area contributed by atoms with Crippen LogP contribution in [0.25, 0.3) is 0 Å². The van der Waals surface area contributed by atoms with E-state index < -0.39 is 0 Å². The summed E-state index contributed by atoms with van der Waals surface area (Å²) in [5, 5.41) is 3.28. The summed E-state index contributed by atoms with van der Waals surface area (Å²) in [7, 11) is 4.24. The molecule has 2 heteroatoms. The summed E-state index contributed by atoms with van der Waals surface area (Å²) in [6.45, 7) is 3.40. The quantitative estimate of drug-likeness (QED) is 0.861. The highest BCUT2D eigenvalue weighted by atomic mass is 15.1. The fraction of sp³-hybridized carbons (Fsp3) is 0.647. The summed E-state index contributed by atoms with van der Waals surface area (Å²) in [6.07, 6.45) is 7.13. The van der Waals surface area contributed by atoms with Gasteiger partial charge in [-0.25, -0.2) is 0 Å². The Balaban J connectivity index is 1.93. The molecule has 1 aromatic rings. The molecule has 19 heavy (non-hydrogen) atoms. The van der Waals surface area contributed by atoms with Gasteiger partial charge < -0.3 is 10.2 Å². The monoisotopic (exact) mass is 260 g/mol. The van der Waals surface area contributed by atoms with Crippen molar-refractivity contribution in [2.24, 2.45) is 5.92 Å². The van der Waals surface area contributed by atoms with Gasteiger partial charge in [0.05, 0.1) is 0 Å². The van der Waals surface area contributed by atoms with Crippen molar-refractivity contribution in [3.63, 3.8) is 0 Å². The van der Waals surface area contributed by atoms with Gasteiger partial charge in [0.2, 0.25) is 0 Å². The van der Waals surface area contributed by atoms with E-state index in [2.05, 4.69) is 48.5 Å². The minimum atomic E-state index is 0.428. The van der Waals surface area contributed by atoms with Gasteiger partial charge in [0.25, 0.3) is 0 Å². The summed E-state index contributed by atoms with van der Waals surface area (Å²) in [5.41, 5.74) is 2.70. The minimum Gasteiger partial charge on any atom is -0.374 e. The molecule has 1 aliphatic rings. The first-order chi connectivity index (χ1) is 9.20. The molecular weight excluding hydrogens is 232 g/mol. The van der Waals surface area contributed by atoms with E-state index in [0.717, 1.165) is 5.92 Å². The molecule has 0 saturated heterocycles. The second-order valence-corrected chi connectivity index (χ2v) is 5.99. The number of anilines is 1. The van der Waals surface area contributed by atoms with Crippen molar-refractivity contribution in [2.45, 2.75) is 45.1 Å². The Kier molecular flexibility index (Phi) is 5.26. The summed E-state index contributed by atoms with van der Waals surface area (Å²) < 4.78 is 0. The molecule has 0 aliphatic heterocycles. The number of rotatable bonds is 5. The molecule has 2 rings (SSSR count). The number of benzene rings is 1. The third-order valence-corrected chi connectivity index (χ3v) is 4.52. The van der Waals surface area contributed by atoms with Crippen LogP contribution in [0, 0.1) is 5.92 Å². The zero-order valence-electron chi connectivity index (χ0n) is 12.7. The van der Waals surface area contributed by atoms with Crippen LogP contribution < -0.4 is 10.2 Å². The van der Waals surface area contributed by atoms with Crippen LogP contribution in [0.1, 0.15) is 50.6 Å². The summed E-state index contributed by atoms with van der Waals surface area (Å²) in [6, 6.07) is 9.43. The van der Waals surface area contributed by atoms with Crippen LogP contribution in [0.3, 0.4) is 0 Å². The molecule has 1 atom stereocenters. The first-order valence-electron chi connectivity index (χ1n) is 7.69. The molecule has 0 amide bonds. The molecule has 1 fully saturated rings. The predicted octanol–water partition coefficient (Wildman–Crippen LogP) is 3.98. The van der Waals surface area contributed by atoms with Gasteiger partial charge in [0.1, 0.15) is 0 Å². The summed E-state index contributed by atoms with van der Waals surface area (Å²) in [4.78, 5) is 2.42. The van der Waals surface area contributed by atoms with E-state index in [0.29, 0.717) is 6.04 Å². The van der Waals surface area contributed by atoms with Crippen LogP contribution in [0.4, 0.5) is 5.69 Å². The van der Waals surface area contributed by atoms with Crippen molar-refractivity contribution < 1.29 is 0 Å². The van der Waals surface area contributed by atoms with Crippen molar-refractivity contribution in [3.05, 3.63) is 29.8 Å². The normalized spacial score (nSPS) is 18.3. The largest absolute Gasteiger partial charge is 0.374 e. The van der Waals surface area contributed by atoms with Gasteiger partial charge in [-0.05, 0) is 50.4 Å². The third kappa shape index (κ3) is 3.97. The fourth-order valence-electron chi connectivity index (χ4n) is 3.05. The van der Waals surface area contributed by atoms with Crippen molar-refractivity contribution in [3.8, 4) is 0 Å². The topological polar surface area (TPSA) is 15.3 Å². The van der Waals surface area contributed by atoms with Gasteiger partial charge in [0.15, 0.2) is 0 Å². The Morgan fingerprint density at radius 1 is 1.16 bits per heavy atom. The summed E-state index contributed by atoms with van der Waals surface area (Å²) in [5.74, 6) is 0.898. The number of hydrogen-bond acceptors (Lipinski definition) is 2. The van der Waals surface area contributed by atoms with Gasteiger partial charge >= 0.3 is 0 Å². The van der Waals surface area contributed by atoms with Crippen molar-refractivity contribution in [2.75, 3.05) is 25.5 Å². The maximum atomic E-state index is 3.28. The van der Waals surface area contributed by atoms with Crippen LogP contribution in [-0.4, -0.2) is 20.6 Å². The standard InChI is InChI=1S/C17H28N2/c1-14(18-2)16-9-11-17(12-10-16)19(3)13-15-7-5-4-6-8-15/h9-12,14-15,18H,4-8,13H2,1-3H3. The highest BCUT2D eigenvalue weighted by molar-refractivity contribution is 5.47. The fourth-order valence-corrected chi connectivity index (χ4v) is 3.05. The van der Waals surface area contributed by atoms with Gasteiger partial charge in [-0.2, -0.15) is 0 Å². The van der Waals surface area contributed by atoms with E-state index in [-0.39, 0.29) is 0 Å². The van der Waals surface area contributed by atoms with E-state index in [1.54, 1.807) is 0 Å². The van der Waals surface area contributed by atoms with Crippen molar-refractivity contribution in [1.82, 2.24) is 5.32 Å². The van der Waals surface area contributed by atoms with Gasteiger partial charge in [-0.15, -0.1) is 0 Å². The van der Waals surface area contributed by atoms with Gasteiger partial charge in [0, 0.05) is 25.3 Å². The van der Waals surface area contributed by atoms with Gasteiger partial charge in [-0.3, -0.25) is 0 Å². The minimum absolute atomic E-state index is 0.428. The van der Waals surface area contributed by atoms with Crippen LogP contribution >= 0.6 is 0 Å². The lowest BCUT2D eigenvalue weighted by Gasteiger charge is -2.28. The maximum absolute atomic E-state index is 3.28. The predicted molar refractivity (Wildman–Crippen MR) is 83.8 cm³/mol. The molecule has 1 aliphatic carbocycles. The molecular formula is C17H28N2. The number of nitrogens with zero attached hydrogens (tertiary/aromatic N) is 1. The van der Waals surface area contributed by atoms with Gasteiger partial charge in [-0.1, -0.05) is 31.4 Å². The van der Waals surface area contributed by atoms with Crippen LogP contribution in [0.15, 0.2) is 24.3 Å². The molecule has 1 unspecified atom stereocenters. The first-order valence-corrected chi connectivity index (χ1v) is 7.69. The SMILES string of the molecule is CNC(C)c1ccc(N(C)CC2CCCCC2)cc1. The Labute approximate surface area is 118 Å². The zero-order chi connectivity index (χ0) is 13.7. The lowest BCUT2D eigenvalue weighted by Crippen LogP contribution is -2.26. The molecule has 0 spiro atoms. The van der Waals surface area contributed by atoms with Crippen molar-refractivity contribution in [1.29, 1.82) is 0 Å². The summed E-state index contributed by atoms with van der Waals surface area (Å²) >= 11 is 0. The molecule has 0 aromatic heterocycles. The Morgan fingerprint density at radius 3 is 2.37 bits per heavy atom. The molecule has 1 N–H and O–H groups in total. The van der Waals surface area contributed by atoms with Crippen LogP contribution in [-0.2, 0) is 0 Å². The number of hydrogen-bond donors (Lipinski definition) is 1. The van der Waals surface area contributed by atoms with Crippen LogP contribution in [0.5, 0.6) is 0 Å². The second-order valence-electron chi connectivity index (χ2n) is 5.99. The highest BCUT2D eigenvalue weighted by Crippen LogP contribution is 2.26. The molecule has 0 heterocycles. The van der Waals surface area contributed by atoms with Crippen molar-refractivity contribution >= 4 is 5.69 Å². The smallest absolute Gasteiger partial charge is 0.0363 e. The molecule has 2 nitrogen and oxygen atoms in total. The highest BCUT2D eigenvalue weighted by Gasteiger charge is 2.15. The van der Waals surface area contributed by atoms with E-state index in [4.69, 9.17) is 0 Å². The van der Waals surface area contributed by atoms with Crippen LogP contribution in [0.2, 0.25) is 0 Å². The zero-order valence-corrected chi connectivity index (χ0v) is 12.7. The average molecular weight is 260 g/mol. The lowest BCUT2D eigenvalue weighted by atomic mass is 9.89. The Morgan fingerprint density at radius 2 is 1.79 bits per heavy atom. The molecule has 106 valence electrons. The third-order valence-electron chi connectivity index (χ3n) is 4.52. The van der Waals surface area contributed by atoms with E-state index >= 15 is 0 Å². The Hall–Kier alpha value is -1.02. The lowest BCUT2D eigenvalue weighted by molar-refractivity contribution is 0.362. The molecule has 1 saturated carbocycles. The first kappa shape index (κ1) is 14.4. The molecule has 0 radical (unpaired) electrons. The van der Waals surface area contributed by atoms with E-state index in [1.165, 1.54) is 49.9 Å². The number of nitrogens with one attached hydrogen (secondary N) is 1. The Bertz CT molecular complexity index is 365. The molecule has 0 bridgehead atoms. The molecule has 1 aromatic carbocycles. The maximum Gasteiger partial charge on any atom is 0.0363 e. The second kappa shape index (κ2) is 6.95. The van der Waals surface area contributed by atoms with E-state index in [1.807, 2.05) is 7.05 Å².